The summed E-state index contributed by atoms with van der Waals surface area (Å²) in [7, 11) is 0. The number of amides is 3. The summed E-state index contributed by atoms with van der Waals surface area (Å²) in [4.78, 5) is 39.0. The zero-order chi connectivity index (χ0) is 29.2. The highest BCUT2D eigenvalue weighted by molar-refractivity contribution is 6.34. The minimum atomic E-state index is -5.13. The minimum Gasteiger partial charge on any atom is -0.472 e. The minimum absolute atomic E-state index is 0.0671. The number of carbonyl (C=O) groups is 3. The Labute approximate surface area is 230 Å². The molecule has 0 radical (unpaired) electrons. The van der Waals surface area contributed by atoms with Crippen molar-refractivity contribution in [3.63, 3.8) is 0 Å². The number of nitrogens with zero attached hydrogens (tertiary/aromatic N) is 1. The molecule has 8 nitrogen and oxygen atoms in total. The predicted molar refractivity (Wildman–Crippen MR) is 138 cm³/mol. The largest absolute Gasteiger partial charge is 0.573 e. The highest BCUT2D eigenvalue weighted by atomic mass is 35.5. The Morgan fingerprint density at radius 2 is 1.85 bits per heavy atom. The van der Waals surface area contributed by atoms with E-state index < -0.39 is 36.5 Å². The van der Waals surface area contributed by atoms with Crippen molar-refractivity contribution in [2.24, 2.45) is 5.92 Å². The van der Waals surface area contributed by atoms with Gasteiger partial charge in [0, 0.05) is 24.2 Å². The lowest BCUT2D eigenvalue weighted by Gasteiger charge is -2.30. The van der Waals surface area contributed by atoms with Gasteiger partial charge in [-0.2, -0.15) is 0 Å². The zero-order valence-corrected chi connectivity index (χ0v) is 21.8. The summed E-state index contributed by atoms with van der Waals surface area (Å²) in [6, 6.07) is 11.2. The zero-order valence-electron chi connectivity index (χ0n) is 21.1. The lowest BCUT2D eigenvalue weighted by Crippen LogP contribution is -2.39. The first-order chi connectivity index (χ1) is 18.8. The van der Waals surface area contributed by atoms with Crippen molar-refractivity contribution < 1.29 is 41.4 Å². The fourth-order valence-electron chi connectivity index (χ4n) is 3.78. The van der Waals surface area contributed by atoms with E-state index in [2.05, 4.69) is 15.4 Å². The first-order valence-electron chi connectivity index (χ1n) is 11.8. The van der Waals surface area contributed by atoms with Gasteiger partial charge in [-0.15, -0.1) is 13.2 Å². The molecule has 40 heavy (non-hydrogen) atoms. The Morgan fingerprint density at radius 3 is 2.55 bits per heavy atom. The number of ether oxygens (including phenoxy) is 2. The molecule has 3 aromatic rings. The van der Waals surface area contributed by atoms with Crippen LogP contribution in [0, 0.1) is 11.7 Å². The van der Waals surface area contributed by atoms with Gasteiger partial charge in [-0.05, 0) is 48.0 Å². The van der Waals surface area contributed by atoms with Gasteiger partial charge >= 0.3 is 6.36 Å². The molecule has 1 aliphatic heterocycles. The van der Waals surface area contributed by atoms with E-state index in [4.69, 9.17) is 16.3 Å². The maximum Gasteiger partial charge on any atom is 0.573 e. The maximum absolute atomic E-state index is 13.7. The van der Waals surface area contributed by atoms with Gasteiger partial charge in [0.05, 0.1) is 21.8 Å². The van der Waals surface area contributed by atoms with Crippen molar-refractivity contribution in [1.82, 2.24) is 5.32 Å². The van der Waals surface area contributed by atoms with Crippen LogP contribution in [0.25, 0.3) is 0 Å². The molecule has 0 saturated carbocycles. The second-order valence-electron chi connectivity index (χ2n) is 9.02. The van der Waals surface area contributed by atoms with Crippen LogP contribution in [0.5, 0.6) is 11.5 Å². The summed E-state index contributed by atoms with van der Waals surface area (Å²) in [5.74, 6) is -3.54. The fraction of sp³-hybridized carbons (Fsp3) is 0.222. The average Bonchev–Trinajstić information content (AvgIpc) is 2.88. The highest BCUT2D eigenvalue weighted by Crippen LogP contribution is 2.37. The van der Waals surface area contributed by atoms with Crippen molar-refractivity contribution in [2.45, 2.75) is 26.8 Å². The molecule has 0 bridgehead atoms. The Kier molecular flexibility index (Phi) is 8.19. The Bertz CT molecular complexity index is 1480. The van der Waals surface area contributed by atoms with E-state index >= 15 is 0 Å². The van der Waals surface area contributed by atoms with Gasteiger partial charge in [-0.1, -0.05) is 31.5 Å². The van der Waals surface area contributed by atoms with Crippen LogP contribution in [0.4, 0.5) is 28.9 Å². The molecule has 2 N–H and O–H groups in total. The standard InChI is InChI=1S/C27H22ClF4N3O5/c1-14(2)24(36)33-12-15-3-6-20(28)18(9-15)25(37)34-17-5-8-22-19(11-17)26(38)35(13-39-22)21-7-4-16(29)10-23(21)40-27(30,31)32/h3-11,14H,12-13H2,1-2H3,(H,33,36)(H,34,37). The molecule has 0 saturated heterocycles. The van der Waals surface area contributed by atoms with Crippen molar-refractivity contribution in [2.75, 3.05) is 16.9 Å². The molecule has 13 heteroatoms. The van der Waals surface area contributed by atoms with Gasteiger partial charge in [0.25, 0.3) is 11.8 Å². The van der Waals surface area contributed by atoms with Gasteiger partial charge in [0.1, 0.15) is 11.6 Å². The van der Waals surface area contributed by atoms with Gasteiger partial charge in [-0.3, -0.25) is 19.3 Å². The maximum atomic E-state index is 13.7. The number of carbonyl (C=O) groups excluding carboxylic acids is 3. The van der Waals surface area contributed by atoms with E-state index in [0.717, 1.165) is 17.0 Å². The third kappa shape index (κ3) is 6.63. The first-order valence-corrected chi connectivity index (χ1v) is 12.2. The molecule has 0 fully saturated rings. The van der Waals surface area contributed by atoms with Crippen LogP contribution < -0.4 is 25.0 Å². The van der Waals surface area contributed by atoms with Crippen molar-refractivity contribution in [1.29, 1.82) is 0 Å². The summed E-state index contributed by atoms with van der Waals surface area (Å²) >= 11 is 6.22. The van der Waals surface area contributed by atoms with Crippen LogP contribution in [-0.2, 0) is 11.3 Å². The molecule has 1 heterocycles. The summed E-state index contributed by atoms with van der Waals surface area (Å²) in [5, 5.41) is 5.52. The Morgan fingerprint density at radius 1 is 1.10 bits per heavy atom. The molecule has 1 aliphatic rings. The van der Waals surface area contributed by atoms with Crippen LogP contribution in [0.2, 0.25) is 5.02 Å². The van der Waals surface area contributed by atoms with E-state index in [9.17, 15) is 31.9 Å². The van der Waals surface area contributed by atoms with E-state index in [1.807, 2.05) is 0 Å². The first kappa shape index (κ1) is 28.7. The number of anilines is 2. The summed E-state index contributed by atoms with van der Waals surface area (Å²) in [5.41, 5.74) is 0.479. The van der Waals surface area contributed by atoms with Gasteiger partial charge in [0.15, 0.2) is 12.5 Å². The van der Waals surface area contributed by atoms with E-state index in [0.29, 0.717) is 11.6 Å². The molecule has 0 unspecified atom stereocenters. The normalized spacial score (nSPS) is 13.0. The number of halogens is 5. The van der Waals surface area contributed by atoms with Gasteiger partial charge < -0.3 is 20.1 Å². The van der Waals surface area contributed by atoms with Crippen molar-refractivity contribution >= 4 is 40.7 Å². The van der Waals surface area contributed by atoms with Gasteiger partial charge in [-0.25, -0.2) is 4.39 Å². The topological polar surface area (TPSA) is 97.0 Å². The number of hydrogen-bond donors (Lipinski definition) is 2. The number of hydrogen-bond acceptors (Lipinski definition) is 5. The van der Waals surface area contributed by atoms with Crippen LogP contribution >= 0.6 is 11.6 Å². The Balaban J connectivity index is 1.55. The predicted octanol–water partition coefficient (Wildman–Crippen LogP) is 5.90. The van der Waals surface area contributed by atoms with Crippen LogP contribution in [0.15, 0.2) is 54.6 Å². The molecule has 0 aliphatic carbocycles. The average molecular weight is 580 g/mol. The quantitative estimate of drug-likeness (QED) is 0.340. The van der Waals surface area contributed by atoms with Gasteiger partial charge in [0.2, 0.25) is 5.91 Å². The van der Waals surface area contributed by atoms with Crippen molar-refractivity contribution in [3.05, 3.63) is 82.1 Å². The molecule has 0 spiro atoms. The smallest absolute Gasteiger partial charge is 0.472 e. The number of rotatable bonds is 7. The highest BCUT2D eigenvalue weighted by Gasteiger charge is 2.35. The number of fused-ring (bicyclic) bond motifs is 1. The second-order valence-corrected chi connectivity index (χ2v) is 9.43. The molecule has 0 atom stereocenters. The number of nitrogens with one attached hydrogen (secondary N) is 2. The molecule has 3 amide bonds. The van der Waals surface area contributed by atoms with E-state index in [1.54, 1.807) is 19.9 Å². The fourth-order valence-corrected chi connectivity index (χ4v) is 3.99. The van der Waals surface area contributed by atoms with Crippen LogP contribution in [0.3, 0.4) is 0 Å². The number of benzene rings is 3. The lowest BCUT2D eigenvalue weighted by molar-refractivity contribution is -0.274. The van der Waals surface area contributed by atoms with Crippen molar-refractivity contribution in [3.8, 4) is 11.5 Å². The van der Waals surface area contributed by atoms with E-state index in [1.165, 1.54) is 30.3 Å². The summed E-state index contributed by atoms with van der Waals surface area (Å²) < 4.78 is 61.7. The number of alkyl halides is 3. The molecule has 0 aromatic heterocycles. The molecular formula is C27H22ClF4N3O5. The lowest BCUT2D eigenvalue weighted by atomic mass is 10.1. The van der Waals surface area contributed by atoms with Crippen LogP contribution in [0.1, 0.15) is 40.1 Å². The monoisotopic (exact) mass is 579 g/mol. The molecular weight excluding hydrogens is 558 g/mol. The van der Waals surface area contributed by atoms with Crippen LogP contribution in [-0.4, -0.2) is 30.8 Å². The SMILES string of the molecule is CC(C)C(=O)NCc1ccc(Cl)c(C(=O)Nc2ccc3c(c2)C(=O)N(c2ccc(F)cc2OC(F)(F)F)CO3)c1. The third-order valence-corrected chi connectivity index (χ3v) is 6.10. The second kappa shape index (κ2) is 11.4. The third-order valence-electron chi connectivity index (χ3n) is 5.77. The molecule has 210 valence electrons. The molecule has 3 aromatic carbocycles. The molecule has 4 rings (SSSR count). The van der Waals surface area contributed by atoms with E-state index in [-0.39, 0.29) is 51.6 Å². The summed E-state index contributed by atoms with van der Waals surface area (Å²) in [6.07, 6.45) is -5.13. The summed E-state index contributed by atoms with van der Waals surface area (Å²) in [6.45, 7) is 3.21. The Hall–Kier alpha value is -4.32.